The molecule has 0 amide bonds. The zero-order valence-electron chi connectivity index (χ0n) is 10.9. The fraction of sp³-hybridized carbons (Fsp3) is 0. The van der Waals surface area contributed by atoms with Crippen molar-refractivity contribution < 1.29 is 0 Å². The van der Waals surface area contributed by atoms with Crippen molar-refractivity contribution in [2.45, 2.75) is 0 Å². The molecule has 9 heteroatoms. The van der Waals surface area contributed by atoms with E-state index in [1.54, 1.807) is 0 Å². The molecule has 1 N–H and O–H groups in total. The number of aromatic amines is 1. The number of benzene rings is 2. The van der Waals surface area contributed by atoms with Crippen molar-refractivity contribution in [3.63, 3.8) is 0 Å². The number of hydrogen-bond acceptors (Lipinski definition) is 0. The number of H-pyrrole nitrogens is 1. The molecule has 0 atom stereocenters. The first-order valence-electron chi connectivity index (χ1n) is 5.96. The van der Waals surface area contributed by atoms with Crippen LogP contribution in [0.25, 0.3) is 21.8 Å². The third kappa shape index (κ3) is 1.86. The molecule has 1 nitrogen and oxygen atoms in total. The monoisotopic (exact) mass is 315 g/mol. The van der Waals surface area contributed by atoms with Crippen molar-refractivity contribution in [1.29, 1.82) is 0 Å². The molecular formula is C12HB7BrN. The lowest BCUT2D eigenvalue weighted by molar-refractivity contribution is 1.56. The average Bonchev–Trinajstić information content (AvgIpc) is 2.87. The largest absolute Gasteiger partial charge is 0.354 e. The summed E-state index contributed by atoms with van der Waals surface area (Å²) in [4.78, 5) is 3.13. The Balaban J connectivity index is 2.73. The highest BCUT2D eigenvalue weighted by molar-refractivity contribution is 9.10. The molecule has 14 radical (unpaired) electrons. The van der Waals surface area contributed by atoms with Crippen LogP contribution in [0.2, 0.25) is 0 Å². The van der Waals surface area contributed by atoms with Crippen LogP contribution < -0.4 is 38.2 Å². The second kappa shape index (κ2) is 4.84. The van der Waals surface area contributed by atoms with Gasteiger partial charge in [-0.05, 0) is 21.3 Å². The number of hydrogen-bond donors (Lipinski definition) is 1. The van der Waals surface area contributed by atoms with Crippen LogP contribution in [0.4, 0.5) is 0 Å². The molecule has 0 aliphatic rings. The molecule has 0 aliphatic carbocycles. The zero-order chi connectivity index (χ0) is 15.6. The Morgan fingerprint density at radius 3 is 1.52 bits per heavy atom. The summed E-state index contributed by atoms with van der Waals surface area (Å²) in [5.41, 5.74) is 3.14. The van der Waals surface area contributed by atoms with E-state index in [9.17, 15) is 0 Å². The summed E-state index contributed by atoms with van der Waals surface area (Å²) >= 11 is 3.39. The summed E-state index contributed by atoms with van der Waals surface area (Å²) in [5, 5.41) is 1.19. The van der Waals surface area contributed by atoms with Crippen LogP contribution in [0, 0.1) is 0 Å². The van der Waals surface area contributed by atoms with Crippen molar-refractivity contribution in [2.75, 3.05) is 0 Å². The fourth-order valence-corrected chi connectivity index (χ4v) is 3.01. The maximum absolute atomic E-state index is 6.09. The summed E-state index contributed by atoms with van der Waals surface area (Å²) < 4.78 is 0.580. The van der Waals surface area contributed by atoms with E-state index >= 15 is 0 Å². The van der Waals surface area contributed by atoms with Gasteiger partial charge in [0.1, 0.15) is 54.9 Å². The van der Waals surface area contributed by atoms with Crippen LogP contribution in [-0.2, 0) is 0 Å². The minimum atomic E-state index is 0.215. The molecule has 0 fully saturated rings. The van der Waals surface area contributed by atoms with Gasteiger partial charge in [-0.15, -0.1) is 16.4 Å². The van der Waals surface area contributed by atoms with Gasteiger partial charge in [0.2, 0.25) is 0 Å². The number of rotatable bonds is 0. The molecule has 1 aromatic heterocycles. The molecule has 0 unspecified atom stereocenters. The molecule has 82 valence electrons. The van der Waals surface area contributed by atoms with E-state index in [0.717, 1.165) is 0 Å². The second-order valence-electron chi connectivity index (χ2n) is 4.83. The van der Waals surface area contributed by atoms with Gasteiger partial charge < -0.3 is 4.98 Å². The SMILES string of the molecule is [B]c1c([B])c([B])c2c([nH]c3c(Br)c([B])c([B])c([B])c32)c1[B]. The number of nitrogens with one attached hydrogen (secondary N) is 1. The molecule has 21 heavy (non-hydrogen) atoms. The van der Waals surface area contributed by atoms with E-state index in [4.69, 9.17) is 54.9 Å². The van der Waals surface area contributed by atoms with Gasteiger partial charge in [-0.1, -0.05) is 21.9 Å². The Morgan fingerprint density at radius 1 is 0.524 bits per heavy atom. The van der Waals surface area contributed by atoms with Gasteiger partial charge in [0.15, 0.2) is 0 Å². The first kappa shape index (κ1) is 15.1. The summed E-state index contributed by atoms with van der Waals surface area (Å²) in [6, 6.07) is 0. The highest BCUT2D eigenvalue weighted by Gasteiger charge is 2.17. The molecule has 1 heterocycles. The average molecular weight is 315 g/mol. The summed E-state index contributed by atoms with van der Waals surface area (Å²) in [5.74, 6) is 0. The fourth-order valence-electron chi connectivity index (χ4n) is 2.50. The third-order valence-electron chi connectivity index (χ3n) is 3.71. The zero-order valence-corrected chi connectivity index (χ0v) is 12.5. The molecule has 3 aromatic rings. The highest BCUT2D eigenvalue weighted by atomic mass is 79.9. The molecule has 3 rings (SSSR count). The van der Waals surface area contributed by atoms with Crippen molar-refractivity contribution in [1.82, 2.24) is 4.98 Å². The van der Waals surface area contributed by atoms with Gasteiger partial charge in [0, 0.05) is 15.4 Å². The first-order chi connectivity index (χ1) is 9.77. The van der Waals surface area contributed by atoms with Crippen LogP contribution in [0.5, 0.6) is 0 Å². The van der Waals surface area contributed by atoms with Gasteiger partial charge in [-0.25, -0.2) is 0 Å². The molecule has 0 spiro atoms. The lowest BCUT2D eigenvalue weighted by Gasteiger charge is -2.15. The topological polar surface area (TPSA) is 15.8 Å². The van der Waals surface area contributed by atoms with Gasteiger partial charge in [-0.3, -0.25) is 0 Å². The minimum Gasteiger partial charge on any atom is -0.354 e. The van der Waals surface area contributed by atoms with Crippen LogP contribution >= 0.6 is 15.9 Å². The third-order valence-corrected chi connectivity index (χ3v) is 4.54. The first-order valence-corrected chi connectivity index (χ1v) is 6.75. The Hall–Kier alpha value is -0.825. The lowest BCUT2D eigenvalue weighted by Crippen LogP contribution is -2.48. The standard InChI is InChI=1S/C12HB7BrN/c13-3-1-2-4(14)6(16)8(18)10(20)12(2)21-11(1)9(19)7(17)5(3)15/h21H. The van der Waals surface area contributed by atoms with E-state index in [0.29, 0.717) is 48.1 Å². The lowest BCUT2D eigenvalue weighted by atomic mass is 9.64. The number of halogens is 1. The van der Waals surface area contributed by atoms with Gasteiger partial charge in [-0.2, -0.15) is 0 Å². The summed E-state index contributed by atoms with van der Waals surface area (Å²) in [7, 11) is 41.8. The van der Waals surface area contributed by atoms with Crippen LogP contribution in [0.3, 0.4) is 0 Å². The van der Waals surface area contributed by atoms with Crippen molar-refractivity contribution >= 4 is 131 Å². The quantitative estimate of drug-likeness (QED) is 0.404. The van der Waals surface area contributed by atoms with Gasteiger partial charge in [0.05, 0.1) is 5.52 Å². The smallest absolute Gasteiger partial charge is 0.115 e. The van der Waals surface area contributed by atoms with E-state index in [-0.39, 0.29) is 16.4 Å². The van der Waals surface area contributed by atoms with E-state index in [1.165, 1.54) is 0 Å². The predicted octanol–water partition coefficient (Wildman–Crippen LogP) is -4.36. The predicted molar refractivity (Wildman–Crippen MR) is 101 cm³/mol. The number of fused-ring (bicyclic) bond motifs is 3. The minimum absolute atomic E-state index is 0.215. The Labute approximate surface area is 140 Å². The van der Waals surface area contributed by atoms with Crippen molar-refractivity contribution in [2.24, 2.45) is 0 Å². The van der Waals surface area contributed by atoms with E-state index in [1.807, 2.05) is 0 Å². The maximum atomic E-state index is 6.09. The Kier molecular flexibility index (Phi) is 3.48. The van der Waals surface area contributed by atoms with Crippen LogP contribution in [-0.4, -0.2) is 59.9 Å². The molecular weight excluding hydrogens is 314 g/mol. The second-order valence-corrected chi connectivity index (χ2v) is 5.63. The van der Waals surface area contributed by atoms with Gasteiger partial charge >= 0.3 is 0 Å². The highest BCUT2D eigenvalue weighted by Crippen LogP contribution is 2.24. The Bertz CT molecular complexity index is 857. The summed E-state index contributed by atoms with van der Waals surface area (Å²) in [6.07, 6.45) is 0. The van der Waals surface area contributed by atoms with Crippen molar-refractivity contribution in [3.05, 3.63) is 4.47 Å². The van der Waals surface area contributed by atoms with Gasteiger partial charge in [0.25, 0.3) is 0 Å². The molecule has 0 saturated carbocycles. The van der Waals surface area contributed by atoms with Crippen LogP contribution in [0.1, 0.15) is 0 Å². The van der Waals surface area contributed by atoms with Crippen LogP contribution in [0.15, 0.2) is 4.47 Å². The molecule has 0 aliphatic heterocycles. The molecule has 2 aromatic carbocycles. The van der Waals surface area contributed by atoms with E-state index < -0.39 is 0 Å². The van der Waals surface area contributed by atoms with Crippen molar-refractivity contribution in [3.8, 4) is 0 Å². The number of aromatic nitrogens is 1. The normalized spacial score (nSPS) is 11.5. The maximum Gasteiger partial charge on any atom is 0.115 e. The summed E-state index contributed by atoms with van der Waals surface area (Å²) in [6.45, 7) is 0. The Morgan fingerprint density at radius 2 is 0.952 bits per heavy atom. The molecule has 0 bridgehead atoms. The van der Waals surface area contributed by atoms with E-state index in [2.05, 4.69) is 20.9 Å². The molecule has 0 saturated heterocycles.